The average molecular weight is 344 g/mol. The molecule has 4 atom stereocenters. The van der Waals surface area contributed by atoms with Crippen molar-refractivity contribution < 1.29 is 9.90 Å². The average Bonchev–Trinajstić information content (AvgIpc) is 2.60. The van der Waals surface area contributed by atoms with Crippen LogP contribution >= 0.6 is 0 Å². The molecule has 1 aliphatic carbocycles. The van der Waals surface area contributed by atoms with Gasteiger partial charge < -0.3 is 10.4 Å². The highest BCUT2D eigenvalue weighted by Crippen LogP contribution is 2.27. The number of carbonyl (C=O) groups excluding carboxylic acids is 1. The molecule has 1 amide bonds. The first-order chi connectivity index (χ1) is 12.1. The number of aliphatic hydroxyl groups excluding tert-OH is 1. The number of nitrogens with zero attached hydrogens (tertiary/aromatic N) is 1. The van der Waals surface area contributed by atoms with Gasteiger partial charge in [0.25, 0.3) is 0 Å². The summed E-state index contributed by atoms with van der Waals surface area (Å²) < 4.78 is 0. The molecule has 3 rings (SSSR count). The molecule has 2 N–H and O–H groups in total. The van der Waals surface area contributed by atoms with Crippen molar-refractivity contribution in [2.75, 3.05) is 6.54 Å². The highest BCUT2D eigenvalue weighted by Gasteiger charge is 2.29. The van der Waals surface area contributed by atoms with Gasteiger partial charge in [0.15, 0.2) is 0 Å². The molecule has 0 unspecified atom stereocenters. The minimum Gasteiger partial charge on any atom is -0.393 e. The van der Waals surface area contributed by atoms with Crippen LogP contribution in [0.2, 0.25) is 0 Å². The predicted octanol–water partition coefficient (Wildman–Crippen LogP) is 3.10. The highest BCUT2D eigenvalue weighted by atomic mass is 16.3. The number of hydrogen-bond donors (Lipinski definition) is 2. The summed E-state index contributed by atoms with van der Waals surface area (Å²) in [6.07, 6.45) is 6.29. The molecule has 1 heterocycles. The second kappa shape index (κ2) is 8.81. The Bertz CT molecular complexity index is 548. The van der Waals surface area contributed by atoms with Crippen LogP contribution in [0.1, 0.15) is 57.4 Å². The van der Waals surface area contributed by atoms with Crippen LogP contribution in [0.15, 0.2) is 30.3 Å². The summed E-state index contributed by atoms with van der Waals surface area (Å²) >= 11 is 0. The molecule has 2 aliphatic rings. The normalized spacial score (nSPS) is 30.8. The number of nitrogens with one attached hydrogen (secondary N) is 1. The Morgan fingerprint density at radius 3 is 2.68 bits per heavy atom. The smallest absolute Gasteiger partial charge is 0.220 e. The third-order valence-corrected chi connectivity index (χ3v) is 5.92. The summed E-state index contributed by atoms with van der Waals surface area (Å²) in [4.78, 5) is 14.9. The van der Waals surface area contributed by atoms with Crippen LogP contribution in [0.5, 0.6) is 0 Å². The first-order valence-electron chi connectivity index (χ1n) is 9.87. The fourth-order valence-corrected chi connectivity index (χ4v) is 4.36. The third kappa shape index (κ3) is 5.29. The molecule has 0 spiro atoms. The lowest BCUT2D eigenvalue weighted by Crippen LogP contribution is -2.49. The molecule has 0 bridgehead atoms. The van der Waals surface area contributed by atoms with Gasteiger partial charge in [0.1, 0.15) is 0 Å². The van der Waals surface area contributed by atoms with Gasteiger partial charge in [0.2, 0.25) is 5.91 Å². The van der Waals surface area contributed by atoms with Crippen LogP contribution in [0.25, 0.3) is 0 Å². The van der Waals surface area contributed by atoms with E-state index in [1.54, 1.807) is 0 Å². The van der Waals surface area contributed by atoms with Crippen LogP contribution in [0.4, 0.5) is 0 Å². The van der Waals surface area contributed by atoms with Gasteiger partial charge in [-0.3, -0.25) is 9.69 Å². The van der Waals surface area contributed by atoms with Gasteiger partial charge in [0.05, 0.1) is 6.10 Å². The van der Waals surface area contributed by atoms with Crippen molar-refractivity contribution in [1.29, 1.82) is 0 Å². The Kier molecular flexibility index (Phi) is 6.49. The van der Waals surface area contributed by atoms with Crippen LogP contribution in [0.3, 0.4) is 0 Å². The van der Waals surface area contributed by atoms with Crippen LogP contribution < -0.4 is 5.32 Å². The topological polar surface area (TPSA) is 52.6 Å². The molecule has 0 aromatic heterocycles. The number of piperidine rings is 1. The number of rotatable bonds is 5. The molecular formula is C21H32N2O2. The lowest BCUT2D eigenvalue weighted by Gasteiger charge is -2.38. The van der Waals surface area contributed by atoms with Crippen LogP contribution in [-0.4, -0.2) is 40.6 Å². The third-order valence-electron chi connectivity index (χ3n) is 5.92. The number of hydrogen-bond acceptors (Lipinski definition) is 3. The number of carbonyl (C=O) groups is 1. The lowest BCUT2D eigenvalue weighted by atomic mass is 9.84. The molecule has 4 heteroatoms. The van der Waals surface area contributed by atoms with Crippen molar-refractivity contribution in [3.8, 4) is 0 Å². The van der Waals surface area contributed by atoms with Gasteiger partial charge in [-0.05, 0) is 44.1 Å². The molecule has 1 aliphatic heterocycles. The maximum absolute atomic E-state index is 12.4. The second-order valence-corrected chi connectivity index (χ2v) is 7.91. The molecule has 0 radical (unpaired) electrons. The number of aliphatic hydroxyl groups is 1. The van der Waals surface area contributed by atoms with Crippen molar-refractivity contribution in [1.82, 2.24) is 10.2 Å². The van der Waals surface area contributed by atoms with E-state index in [9.17, 15) is 9.90 Å². The Hall–Kier alpha value is -1.39. The Labute approximate surface area is 151 Å². The summed E-state index contributed by atoms with van der Waals surface area (Å²) in [5.74, 6) is 0.281. The van der Waals surface area contributed by atoms with Crippen LogP contribution in [0, 0.1) is 5.92 Å². The minimum absolute atomic E-state index is 0.125. The summed E-state index contributed by atoms with van der Waals surface area (Å²) in [5.41, 5.74) is 1.35. The van der Waals surface area contributed by atoms with Crippen molar-refractivity contribution in [2.24, 2.45) is 5.92 Å². The minimum atomic E-state index is -0.286. The number of likely N-dealkylation sites (tertiary alicyclic amines) is 1. The van der Waals surface area contributed by atoms with E-state index in [1.807, 2.05) is 0 Å². The van der Waals surface area contributed by atoms with E-state index in [0.717, 1.165) is 51.6 Å². The van der Waals surface area contributed by atoms with E-state index in [-0.39, 0.29) is 24.0 Å². The molecule has 1 aromatic rings. The number of benzene rings is 1. The van der Waals surface area contributed by atoms with Crippen molar-refractivity contribution >= 4 is 5.91 Å². The summed E-state index contributed by atoms with van der Waals surface area (Å²) in [7, 11) is 0. The predicted molar refractivity (Wildman–Crippen MR) is 100 cm³/mol. The largest absolute Gasteiger partial charge is 0.393 e. The van der Waals surface area contributed by atoms with E-state index in [1.165, 1.54) is 5.56 Å². The summed E-state index contributed by atoms with van der Waals surface area (Å²) in [6.45, 7) is 4.26. The molecular weight excluding hydrogens is 312 g/mol. The van der Waals surface area contributed by atoms with E-state index in [0.29, 0.717) is 12.5 Å². The summed E-state index contributed by atoms with van der Waals surface area (Å²) in [6, 6.07) is 11.3. The Morgan fingerprint density at radius 2 is 1.96 bits per heavy atom. The van der Waals surface area contributed by atoms with E-state index in [4.69, 9.17) is 0 Å². The molecule has 2 fully saturated rings. The zero-order chi connectivity index (χ0) is 17.6. The number of amides is 1. The van der Waals surface area contributed by atoms with Gasteiger partial charge in [-0.15, -0.1) is 0 Å². The van der Waals surface area contributed by atoms with Crippen molar-refractivity contribution in [3.05, 3.63) is 35.9 Å². The van der Waals surface area contributed by atoms with Gasteiger partial charge in [0, 0.05) is 31.6 Å². The lowest BCUT2D eigenvalue weighted by molar-refractivity contribution is -0.124. The molecule has 4 nitrogen and oxygen atoms in total. The Balaban J connectivity index is 1.43. The first kappa shape index (κ1) is 18.4. The zero-order valence-corrected chi connectivity index (χ0v) is 15.4. The van der Waals surface area contributed by atoms with Crippen molar-refractivity contribution in [2.45, 2.75) is 76.6 Å². The second-order valence-electron chi connectivity index (χ2n) is 7.91. The quantitative estimate of drug-likeness (QED) is 0.863. The van der Waals surface area contributed by atoms with E-state index >= 15 is 0 Å². The van der Waals surface area contributed by atoms with Gasteiger partial charge in [-0.2, -0.15) is 0 Å². The van der Waals surface area contributed by atoms with E-state index < -0.39 is 0 Å². The fourth-order valence-electron chi connectivity index (χ4n) is 4.36. The highest BCUT2D eigenvalue weighted by molar-refractivity contribution is 5.76. The molecule has 138 valence electrons. The standard InChI is InChI=1S/C21H32N2O2/c1-16-13-19(11-12-23(16)15-17-7-3-2-4-8-17)22-21(25)14-18-9-5-6-10-20(18)24/h2-4,7-8,16,18-20,24H,5-6,9-15H2,1H3,(H,22,25)/t16-,18-,19-,20+/m0/s1. The SMILES string of the molecule is C[C@H]1C[C@@H](NC(=O)C[C@@H]2CCCC[C@H]2O)CCN1Cc1ccccc1. The van der Waals surface area contributed by atoms with Gasteiger partial charge >= 0.3 is 0 Å². The van der Waals surface area contributed by atoms with Gasteiger partial charge in [-0.1, -0.05) is 43.2 Å². The van der Waals surface area contributed by atoms with Gasteiger partial charge in [-0.25, -0.2) is 0 Å². The fraction of sp³-hybridized carbons (Fsp3) is 0.667. The van der Waals surface area contributed by atoms with Crippen molar-refractivity contribution in [3.63, 3.8) is 0 Å². The monoisotopic (exact) mass is 344 g/mol. The maximum Gasteiger partial charge on any atom is 0.220 e. The maximum atomic E-state index is 12.4. The first-order valence-corrected chi connectivity index (χ1v) is 9.87. The Morgan fingerprint density at radius 1 is 1.20 bits per heavy atom. The summed E-state index contributed by atoms with van der Waals surface area (Å²) in [5, 5.41) is 13.3. The molecule has 1 aromatic carbocycles. The zero-order valence-electron chi connectivity index (χ0n) is 15.4. The van der Waals surface area contributed by atoms with E-state index in [2.05, 4.69) is 47.5 Å². The molecule has 1 saturated heterocycles. The van der Waals surface area contributed by atoms with Crippen LogP contribution in [-0.2, 0) is 11.3 Å². The molecule has 1 saturated carbocycles. The molecule has 25 heavy (non-hydrogen) atoms.